The first-order chi connectivity index (χ1) is 16.7. The molecule has 1 aliphatic rings. The molecule has 3 N–H and O–H groups in total. The second-order valence-corrected chi connectivity index (χ2v) is 9.22. The van der Waals surface area contributed by atoms with E-state index < -0.39 is 0 Å². The molecule has 0 unspecified atom stereocenters. The van der Waals surface area contributed by atoms with E-state index in [0.717, 1.165) is 70.4 Å². The number of rotatable bonds is 4. The minimum absolute atomic E-state index is 0.270. The van der Waals surface area contributed by atoms with Crippen molar-refractivity contribution in [2.24, 2.45) is 5.92 Å². The van der Waals surface area contributed by atoms with Gasteiger partial charge in [0, 0.05) is 41.4 Å². The van der Waals surface area contributed by atoms with Crippen LogP contribution in [0.25, 0.3) is 38.9 Å². The average Bonchev–Trinajstić information content (AvgIpc) is 3.30. The maximum atomic E-state index is 9.54. The fraction of sp³-hybridized carbons (Fsp3) is 0.250. The number of nitrogen functional groups attached to an aromatic ring is 1. The second kappa shape index (κ2) is 8.54. The Morgan fingerprint density at radius 2 is 1.71 bits per heavy atom. The van der Waals surface area contributed by atoms with Crippen LogP contribution >= 0.6 is 0 Å². The fourth-order valence-electron chi connectivity index (χ4n) is 5.21. The molecule has 0 aliphatic heterocycles. The van der Waals surface area contributed by atoms with Crippen molar-refractivity contribution in [1.82, 2.24) is 19.4 Å². The summed E-state index contributed by atoms with van der Waals surface area (Å²) < 4.78 is 2.11. The molecule has 1 saturated carbocycles. The number of benzene rings is 2. The number of aliphatic hydroxyl groups is 1. The number of anilines is 1. The Balaban J connectivity index is 1.46. The van der Waals surface area contributed by atoms with E-state index in [9.17, 15) is 5.11 Å². The molecular formula is C28H27N5O. The van der Waals surface area contributed by atoms with Gasteiger partial charge < -0.3 is 10.8 Å². The summed E-state index contributed by atoms with van der Waals surface area (Å²) >= 11 is 0. The van der Waals surface area contributed by atoms with Crippen LogP contribution in [0.4, 0.5) is 5.82 Å². The van der Waals surface area contributed by atoms with Gasteiger partial charge in [0.25, 0.3) is 0 Å². The number of imidazole rings is 1. The Kier molecular flexibility index (Phi) is 5.23. The third-order valence-electron chi connectivity index (χ3n) is 7.12. The highest BCUT2D eigenvalue weighted by molar-refractivity contribution is 5.91. The van der Waals surface area contributed by atoms with E-state index in [1.54, 1.807) is 6.20 Å². The molecule has 0 spiro atoms. The van der Waals surface area contributed by atoms with E-state index in [4.69, 9.17) is 15.7 Å². The average molecular weight is 450 g/mol. The van der Waals surface area contributed by atoms with E-state index in [1.165, 1.54) is 0 Å². The molecular weight excluding hydrogens is 422 g/mol. The maximum absolute atomic E-state index is 9.54. The normalized spacial score (nSPS) is 18.5. The smallest absolute Gasteiger partial charge is 0.150 e. The summed E-state index contributed by atoms with van der Waals surface area (Å²) in [4.78, 5) is 14.4. The second-order valence-electron chi connectivity index (χ2n) is 9.22. The van der Waals surface area contributed by atoms with Gasteiger partial charge in [-0.25, -0.2) is 15.0 Å². The summed E-state index contributed by atoms with van der Waals surface area (Å²) in [5, 5.41) is 10.6. The molecule has 1 aliphatic carbocycles. The van der Waals surface area contributed by atoms with Gasteiger partial charge in [0.1, 0.15) is 22.9 Å². The Bertz CT molecular complexity index is 1470. The minimum atomic E-state index is 0.270. The molecule has 6 nitrogen and oxygen atoms in total. The Morgan fingerprint density at radius 3 is 2.50 bits per heavy atom. The largest absolute Gasteiger partial charge is 0.396 e. The van der Waals surface area contributed by atoms with Gasteiger partial charge in [-0.1, -0.05) is 48.5 Å². The topological polar surface area (TPSA) is 89.3 Å². The van der Waals surface area contributed by atoms with Crippen molar-refractivity contribution in [2.75, 3.05) is 12.3 Å². The molecule has 1 fully saturated rings. The Morgan fingerprint density at radius 1 is 0.912 bits per heavy atom. The Labute approximate surface area is 198 Å². The standard InChI is InChI=1S/C28H27N5O/c29-27-26-25(32-28(33(26)15-14-30-27)21-8-6-18(17-34)7-9-21)22-11-10-20-12-13-23(31-24(20)16-22)19-4-2-1-3-5-19/h1-5,10-16,18,21,34H,6-9,17H2,(H2,29,30)/t18-,21-. The van der Waals surface area contributed by atoms with Crippen LogP contribution in [0.3, 0.4) is 0 Å². The van der Waals surface area contributed by atoms with Crippen LogP contribution in [0.1, 0.15) is 37.4 Å². The molecule has 34 heavy (non-hydrogen) atoms. The Hall–Kier alpha value is -3.77. The number of fused-ring (bicyclic) bond motifs is 2. The molecule has 0 atom stereocenters. The summed E-state index contributed by atoms with van der Waals surface area (Å²) in [6, 6.07) is 20.7. The molecule has 170 valence electrons. The first kappa shape index (κ1) is 20.8. The molecule has 6 rings (SSSR count). The number of hydrogen-bond donors (Lipinski definition) is 2. The highest BCUT2D eigenvalue weighted by Gasteiger charge is 2.27. The number of pyridine rings is 1. The summed E-state index contributed by atoms with van der Waals surface area (Å²) in [7, 11) is 0. The molecule has 5 aromatic rings. The number of hydrogen-bond acceptors (Lipinski definition) is 5. The van der Waals surface area contributed by atoms with E-state index in [1.807, 2.05) is 24.4 Å². The van der Waals surface area contributed by atoms with Crippen LogP contribution in [0.5, 0.6) is 0 Å². The molecule has 0 saturated heterocycles. The zero-order valence-electron chi connectivity index (χ0n) is 18.9. The van der Waals surface area contributed by atoms with E-state index in [0.29, 0.717) is 17.7 Å². The van der Waals surface area contributed by atoms with Crippen LogP contribution in [0.15, 0.2) is 73.1 Å². The van der Waals surface area contributed by atoms with Crippen molar-refractivity contribution in [3.8, 4) is 22.5 Å². The highest BCUT2D eigenvalue weighted by Crippen LogP contribution is 2.38. The van der Waals surface area contributed by atoms with Crippen LogP contribution in [0.2, 0.25) is 0 Å². The fourth-order valence-corrected chi connectivity index (χ4v) is 5.21. The SMILES string of the molecule is Nc1nccn2c1c(-c1ccc3ccc(-c4ccccc4)nc3c1)nc2[C@H]1CC[C@H](CO)CC1. The molecule has 0 radical (unpaired) electrons. The predicted octanol–water partition coefficient (Wildman–Crippen LogP) is 5.46. The van der Waals surface area contributed by atoms with Gasteiger partial charge in [0.05, 0.1) is 11.2 Å². The van der Waals surface area contributed by atoms with Crippen molar-refractivity contribution in [3.63, 3.8) is 0 Å². The maximum Gasteiger partial charge on any atom is 0.150 e. The van der Waals surface area contributed by atoms with Crippen LogP contribution in [0, 0.1) is 5.92 Å². The van der Waals surface area contributed by atoms with Gasteiger partial charge in [-0.15, -0.1) is 0 Å². The van der Waals surface area contributed by atoms with Crippen molar-refractivity contribution in [2.45, 2.75) is 31.6 Å². The summed E-state index contributed by atoms with van der Waals surface area (Å²) in [5.74, 6) is 2.25. The summed E-state index contributed by atoms with van der Waals surface area (Å²) in [5.41, 5.74) is 12.0. The van der Waals surface area contributed by atoms with Gasteiger partial charge in [-0.2, -0.15) is 0 Å². The third-order valence-corrected chi connectivity index (χ3v) is 7.12. The first-order valence-corrected chi connectivity index (χ1v) is 11.9. The van der Waals surface area contributed by atoms with E-state index in [2.05, 4.69) is 51.8 Å². The number of nitrogens with two attached hydrogens (primary N) is 1. The lowest BCUT2D eigenvalue weighted by molar-refractivity contribution is 0.181. The lowest BCUT2D eigenvalue weighted by atomic mass is 9.82. The molecule has 3 heterocycles. The van der Waals surface area contributed by atoms with Gasteiger partial charge in [0.2, 0.25) is 0 Å². The van der Waals surface area contributed by atoms with Crippen molar-refractivity contribution in [3.05, 3.63) is 78.9 Å². The molecule has 6 heteroatoms. The van der Waals surface area contributed by atoms with Gasteiger partial charge in [-0.3, -0.25) is 4.40 Å². The van der Waals surface area contributed by atoms with Crippen LogP contribution < -0.4 is 5.73 Å². The molecule has 2 aromatic carbocycles. The third kappa shape index (κ3) is 3.60. The minimum Gasteiger partial charge on any atom is -0.396 e. The van der Waals surface area contributed by atoms with Crippen molar-refractivity contribution < 1.29 is 5.11 Å². The van der Waals surface area contributed by atoms with Gasteiger partial charge in [0.15, 0.2) is 0 Å². The monoisotopic (exact) mass is 449 g/mol. The van der Waals surface area contributed by atoms with Crippen molar-refractivity contribution in [1.29, 1.82) is 0 Å². The zero-order chi connectivity index (χ0) is 23.1. The number of aliphatic hydroxyl groups excluding tert-OH is 1. The van der Waals surface area contributed by atoms with Gasteiger partial charge >= 0.3 is 0 Å². The molecule has 0 bridgehead atoms. The molecule has 3 aromatic heterocycles. The summed E-state index contributed by atoms with van der Waals surface area (Å²) in [6.45, 7) is 0.270. The number of nitrogens with zero attached hydrogens (tertiary/aromatic N) is 4. The van der Waals surface area contributed by atoms with E-state index in [-0.39, 0.29) is 6.61 Å². The van der Waals surface area contributed by atoms with Gasteiger partial charge in [-0.05, 0) is 43.7 Å². The lowest BCUT2D eigenvalue weighted by Crippen LogP contribution is -2.17. The van der Waals surface area contributed by atoms with Crippen LogP contribution in [-0.2, 0) is 0 Å². The van der Waals surface area contributed by atoms with E-state index >= 15 is 0 Å². The lowest BCUT2D eigenvalue weighted by Gasteiger charge is -2.26. The quantitative estimate of drug-likeness (QED) is 0.380. The first-order valence-electron chi connectivity index (χ1n) is 11.9. The molecule has 0 amide bonds. The zero-order valence-corrected chi connectivity index (χ0v) is 18.9. The number of aromatic nitrogens is 4. The predicted molar refractivity (Wildman–Crippen MR) is 135 cm³/mol. The van der Waals surface area contributed by atoms with Crippen LogP contribution in [-0.4, -0.2) is 31.1 Å². The van der Waals surface area contributed by atoms with Crippen molar-refractivity contribution >= 4 is 22.2 Å². The highest BCUT2D eigenvalue weighted by atomic mass is 16.3. The summed E-state index contributed by atoms with van der Waals surface area (Å²) in [6.07, 6.45) is 7.78.